The van der Waals surface area contributed by atoms with E-state index in [2.05, 4.69) is 9.98 Å². The zero-order valence-corrected chi connectivity index (χ0v) is 15.4. The van der Waals surface area contributed by atoms with E-state index in [-0.39, 0.29) is 0 Å². The maximum Gasteiger partial charge on any atom is 0.433 e. The minimum absolute atomic E-state index is 0.302. The van der Waals surface area contributed by atoms with Crippen molar-refractivity contribution in [2.45, 2.75) is 32.1 Å². The molecular formula is C19H18F3N3O3. The Balaban J connectivity index is 1.95. The van der Waals surface area contributed by atoms with Gasteiger partial charge >= 0.3 is 12.1 Å². The van der Waals surface area contributed by atoms with E-state index in [0.717, 1.165) is 17.2 Å². The van der Waals surface area contributed by atoms with Crippen molar-refractivity contribution in [3.05, 3.63) is 52.7 Å². The van der Waals surface area contributed by atoms with Crippen molar-refractivity contribution in [3.8, 4) is 5.75 Å². The van der Waals surface area contributed by atoms with Gasteiger partial charge in [0.1, 0.15) is 5.69 Å². The first-order chi connectivity index (χ1) is 13.1. The molecule has 1 N–H and O–H groups in total. The lowest BCUT2D eigenvalue weighted by Gasteiger charge is -2.30. The number of aliphatic imine (C=N–C) groups is 1. The van der Waals surface area contributed by atoms with Crippen LogP contribution in [0.2, 0.25) is 0 Å². The van der Waals surface area contributed by atoms with E-state index in [1.54, 1.807) is 17.0 Å². The molecule has 0 radical (unpaired) electrons. The molecular weight excluding hydrogens is 375 g/mol. The third-order valence-electron chi connectivity index (χ3n) is 4.75. The zero-order valence-electron chi connectivity index (χ0n) is 15.4. The molecule has 0 aliphatic carbocycles. The summed E-state index contributed by atoms with van der Waals surface area (Å²) in [6.45, 7) is 4.09. The van der Waals surface area contributed by atoms with E-state index >= 15 is 0 Å². The number of benzene rings is 1. The van der Waals surface area contributed by atoms with Gasteiger partial charge in [-0.2, -0.15) is 13.2 Å². The van der Waals surface area contributed by atoms with Crippen LogP contribution in [-0.4, -0.2) is 34.4 Å². The van der Waals surface area contributed by atoms with Gasteiger partial charge in [-0.1, -0.05) is 12.1 Å². The molecule has 1 aliphatic heterocycles. The summed E-state index contributed by atoms with van der Waals surface area (Å²) in [6, 6.07) is 6.86. The average Bonchev–Trinajstić information content (AvgIpc) is 2.90. The summed E-state index contributed by atoms with van der Waals surface area (Å²) in [7, 11) is 1.29. The van der Waals surface area contributed by atoms with Crippen LogP contribution in [0.25, 0.3) is 0 Å². The first kappa shape index (κ1) is 19.7. The predicted molar refractivity (Wildman–Crippen MR) is 95.4 cm³/mol. The molecule has 0 spiro atoms. The third-order valence-corrected chi connectivity index (χ3v) is 4.75. The van der Waals surface area contributed by atoms with Crippen LogP contribution < -0.4 is 0 Å². The SMILES string of the molecule is COC(=O)c1cccc2c1CN(C=Nc1nc(C(F)(F)F)ccc1O)C2(C)C. The molecule has 0 atom stereocenters. The summed E-state index contributed by atoms with van der Waals surface area (Å²) in [5.74, 6) is -1.37. The number of nitrogens with zero attached hydrogens (tertiary/aromatic N) is 3. The first-order valence-corrected chi connectivity index (χ1v) is 8.34. The minimum atomic E-state index is -4.64. The van der Waals surface area contributed by atoms with Crippen molar-refractivity contribution in [2.75, 3.05) is 7.11 Å². The Bertz CT molecular complexity index is 955. The summed E-state index contributed by atoms with van der Waals surface area (Å²) < 4.78 is 43.4. The monoisotopic (exact) mass is 393 g/mol. The van der Waals surface area contributed by atoms with E-state index in [0.29, 0.717) is 18.2 Å². The molecule has 2 aromatic rings. The molecule has 1 aliphatic rings. The van der Waals surface area contributed by atoms with Gasteiger partial charge in [0.25, 0.3) is 0 Å². The lowest BCUT2D eigenvalue weighted by molar-refractivity contribution is -0.141. The normalized spacial score (nSPS) is 15.7. The molecule has 6 nitrogen and oxygen atoms in total. The number of carbonyl (C=O) groups is 1. The van der Waals surface area contributed by atoms with Crippen LogP contribution in [0.5, 0.6) is 5.75 Å². The highest BCUT2D eigenvalue weighted by Gasteiger charge is 2.38. The molecule has 1 aromatic heterocycles. The third kappa shape index (κ3) is 3.39. The number of fused-ring (bicyclic) bond motifs is 1. The molecule has 0 amide bonds. The highest BCUT2D eigenvalue weighted by atomic mass is 19.4. The summed E-state index contributed by atoms with van der Waals surface area (Å²) in [5, 5.41) is 9.80. The smallest absolute Gasteiger partial charge is 0.433 e. The van der Waals surface area contributed by atoms with Crippen LogP contribution in [0.1, 0.15) is 41.0 Å². The molecule has 0 bridgehead atoms. The number of aromatic nitrogens is 1. The quantitative estimate of drug-likeness (QED) is 0.485. The van der Waals surface area contributed by atoms with Gasteiger partial charge in [0, 0.05) is 6.54 Å². The zero-order chi connectivity index (χ0) is 20.7. The van der Waals surface area contributed by atoms with Crippen molar-refractivity contribution >= 4 is 18.1 Å². The van der Waals surface area contributed by atoms with Gasteiger partial charge < -0.3 is 14.7 Å². The minimum Gasteiger partial charge on any atom is -0.504 e. The van der Waals surface area contributed by atoms with Gasteiger partial charge in [-0.15, -0.1) is 0 Å². The van der Waals surface area contributed by atoms with Crippen LogP contribution in [0.15, 0.2) is 35.3 Å². The van der Waals surface area contributed by atoms with Crippen LogP contribution >= 0.6 is 0 Å². The highest BCUT2D eigenvalue weighted by Crippen LogP contribution is 2.40. The molecule has 0 fully saturated rings. The second-order valence-corrected chi connectivity index (χ2v) is 6.79. The summed E-state index contributed by atoms with van der Waals surface area (Å²) >= 11 is 0. The van der Waals surface area contributed by atoms with E-state index in [1.807, 2.05) is 19.9 Å². The number of ether oxygens (including phenoxy) is 1. The van der Waals surface area contributed by atoms with Crippen molar-refractivity contribution in [1.82, 2.24) is 9.88 Å². The van der Waals surface area contributed by atoms with Crippen LogP contribution in [-0.2, 0) is 23.0 Å². The molecule has 0 unspecified atom stereocenters. The van der Waals surface area contributed by atoms with Gasteiger partial charge in [-0.3, -0.25) is 0 Å². The Hall–Kier alpha value is -3.10. The number of alkyl halides is 3. The van der Waals surface area contributed by atoms with Crippen molar-refractivity contribution in [1.29, 1.82) is 0 Å². The Kier molecular flexibility index (Phi) is 4.78. The molecule has 2 heterocycles. The fourth-order valence-corrected chi connectivity index (χ4v) is 3.16. The maximum atomic E-state index is 12.8. The lowest BCUT2D eigenvalue weighted by Crippen LogP contribution is -2.34. The van der Waals surface area contributed by atoms with E-state index < -0.39 is 34.9 Å². The maximum absolute atomic E-state index is 12.8. The second-order valence-electron chi connectivity index (χ2n) is 6.79. The van der Waals surface area contributed by atoms with Crippen molar-refractivity contribution < 1.29 is 27.8 Å². The largest absolute Gasteiger partial charge is 0.504 e. The summed E-state index contributed by atoms with van der Waals surface area (Å²) in [6.07, 6.45) is -3.32. The highest BCUT2D eigenvalue weighted by molar-refractivity contribution is 5.92. The number of esters is 1. The summed E-state index contributed by atoms with van der Waals surface area (Å²) in [4.78, 5) is 21.1. The van der Waals surface area contributed by atoms with E-state index in [4.69, 9.17) is 4.74 Å². The second kappa shape index (κ2) is 6.81. The Labute approximate surface area is 159 Å². The molecule has 3 rings (SSSR count). The van der Waals surface area contributed by atoms with Gasteiger partial charge in [-0.25, -0.2) is 14.8 Å². The van der Waals surface area contributed by atoms with E-state index in [9.17, 15) is 23.1 Å². The average molecular weight is 393 g/mol. The topological polar surface area (TPSA) is 75.0 Å². The first-order valence-electron chi connectivity index (χ1n) is 8.34. The predicted octanol–water partition coefficient (Wildman–Crippen LogP) is 4.00. The van der Waals surface area contributed by atoms with Gasteiger partial charge in [0.2, 0.25) is 0 Å². The number of carbonyl (C=O) groups excluding carboxylic acids is 1. The number of aromatic hydroxyl groups is 1. The number of rotatable bonds is 3. The fourth-order valence-electron chi connectivity index (χ4n) is 3.16. The fraction of sp³-hybridized carbons (Fsp3) is 0.316. The molecule has 0 saturated carbocycles. The molecule has 1 aromatic carbocycles. The van der Waals surface area contributed by atoms with Crippen molar-refractivity contribution in [3.63, 3.8) is 0 Å². The van der Waals surface area contributed by atoms with Gasteiger partial charge in [-0.05, 0) is 43.2 Å². The van der Waals surface area contributed by atoms with Crippen molar-refractivity contribution in [2.24, 2.45) is 4.99 Å². The Morgan fingerprint density at radius 1 is 1.32 bits per heavy atom. The van der Waals surface area contributed by atoms with Crippen LogP contribution in [0.3, 0.4) is 0 Å². The molecule has 28 heavy (non-hydrogen) atoms. The Morgan fingerprint density at radius 3 is 2.68 bits per heavy atom. The number of hydrogen-bond acceptors (Lipinski definition) is 5. The Morgan fingerprint density at radius 2 is 2.04 bits per heavy atom. The molecule has 0 saturated heterocycles. The number of hydrogen-bond donors (Lipinski definition) is 1. The number of methoxy groups -OCH3 is 1. The van der Waals surface area contributed by atoms with Crippen LogP contribution in [0, 0.1) is 0 Å². The molecule has 9 heteroatoms. The van der Waals surface area contributed by atoms with Crippen LogP contribution in [0.4, 0.5) is 19.0 Å². The van der Waals surface area contributed by atoms with E-state index in [1.165, 1.54) is 13.4 Å². The standard InChI is InChI=1S/C19H18F3N3O3/c1-18(2)13-6-4-5-11(17(27)28-3)12(13)9-25(18)10-23-16-14(26)7-8-15(24-16)19(20,21)22/h4-8,10,26H,9H2,1-3H3. The summed E-state index contributed by atoms with van der Waals surface area (Å²) in [5.41, 5.74) is 0.327. The van der Waals surface area contributed by atoms with Gasteiger partial charge in [0.05, 0.1) is 24.6 Å². The van der Waals surface area contributed by atoms with Gasteiger partial charge in [0.15, 0.2) is 11.6 Å². The molecule has 148 valence electrons. The number of halogens is 3. The lowest BCUT2D eigenvalue weighted by atomic mass is 9.92. The number of pyridine rings is 1.